The zero-order valence-corrected chi connectivity index (χ0v) is 46.0. The van der Waals surface area contributed by atoms with E-state index in [1.165, 1.54) is 111 Å². The summed E-state index contributed by atoms with van der Waals surface area (Å²) in [5.74, 6) is -2.43. The van der Waals surface area contributed by atoms with Crippen molar-refractivity contribution in [2.24, 2.45) is 20.5 Å². The second-order valence-corrected chi connectivity index (χ2v) is 21.7. The molecule has 32 heteroatoms. The molecule has 2 amide bonds. The predicted octanol–water partition coefficient (Wildman–Crippen LogP) is -5.50. The van der Waals surface area contributed by atoms with Gasteiger partial charge in [-0.05, 0) is 107 Å². The van der Waals surface area contributed by atoms with Crippen molar-refractivity contribution in [1.82, 2.24) is 9.80 Å². The van der Waals surface area contributed by atoms with Gasteiger partial charge in [0.05, 0.1) is 41.7 Å². The molecule has 78 heavy (non-hydrogen) atoms. The van der Waals surface area contributed by atoms with E-state index < -0.39 is 94.7 Å². The Hall–Kier alpha value is -5.57. The summed E-state index contributed by atoms with van der Waals surface area (Å²) < 4.78 is 144. The Kier molecular flexibility index (Phi) is 22.4. The van der Waals surface area contributed by atoms with E-state index in [9.17, 15) is 71.7 Å². The maximum absolute atomic E-state index is 13.6. The van der Waals surface area contributed by atoms with Crippen molar-refractivity contribution in [3.63, 3.8) is 0 Å². The van der Waals surface area contributed by atoms with Gasteiger partial charge in [0.2, 0.25) is 0 Å². The molecule has 0 heterocycles. The number of hydrogen-bond donors (Lipinski definition) is 4. The number of nitrogens with zero attached hydrogens (tertiary/aromatic N) is 6. The van der Waals surface area contributed by atoms with E-state index in [-0.39, 0.29) is 155 Å². The summed E-state index contributed by atoms with van der Waals surface area (Å²) in [6, 6.07) is 21.5. The van der Waals surface area contributed by atoms with Gasteiger partial charge in [0, 0.05) is 52.4 Å². The fourth-order valence-corrected chi connectivity index (χ4v) is 9.93. The Morgan fingerprint density at radius 1 is 0.474 bits per heavy atom. The summed E-state index contributed by atoms with van der Waals surface area (Å²) >= 11 is 0. The maximum Gasteiger partial charge on any atom is 1.00 e. The molecule has 0 spiro atoms. The van der Waals surface area contributed by atoms with Gasteiger partial charge in [0.1, 0.15) is 74.7 Å². The molecule has 7 aromatic carbocycles. The number of fused-ring (bicyclic) bond motifs is 2. The van der Waals surface area contributed by atoms with Crippen LogP contribution in [0.1, 0.15) is 31.8 Å². The first-order valence-corrected chi connectivity index (χ1v) is 26.7. The van der Waals surface area contributed by atoms with Gasteiger partial charge in [0.25, 0.3) is 11.8 Å². The quantitative estimate of drug-likeness (QED) is 0.0398. The topological polar surface area (TPSA) is 383 Å². The Bertz CT molecular complexity index is 3750. The van der Waals surface area contributed by atoms with E-state index in [1.54, 1.807) is 0 Å². The number of amides is 2. The summed E-state index contributed by atoms with van der Waals surface area (Å²) in [5, 5.41) is 43.4. The van der Waals surface area contributed by atoms with Crippen LogP contribution in [0.15, 0.2) is 149 Å². The van der Waals surface area contributed by atoms with Gasteiger partial charge in [-0.2, -0.15) is 0 Å². The predicted molar refractivity (Wildman–Crippen MR) is 261 cm³/mol. The van der Waals surface area contributed by atoms with Crippen LogP contribution in [-0.2, 0) is 53.6 Å². The molecular weight excluding hydrogens is 1080 g/mol. The molecule has 0 bridgehead atoms. The second kappa shape index (κ2) is 26.1. The Morgan fingerprint density at radius 2 is 0.808 bits per heavy atom. The zero-order chi connectivity index (χ0) is 54.2. The number of benzene rings is 7. The molecule has 386 valence electrons. The van der Waals surface area contributed by atoms with Gasteiger partial charge < -0.3 is 48.9 Å². The minimum atomic E-state index is -5.15. The first kappa shape index (κ1) is 66.7. The molecule has 0 saturated carbocycles. The molecule has 0 aliphatic carbocycles. The molecular formula is C46H38Li4N8O16S4. The Balaban J connectivity index is 0.00000400. The third-order valence-corrected chi connectivity index (χ3v) is 14.6. The minimum absolute atomic E-state index is 0. The average molecular weight is 1110 g/mol. The largest absolute Gasteiger partial charge is 1.00 e. The fraction of sp³-hybridized carbons (Fsp3) is 0.130. The van der Waals surface area contributed by atoms with Crippen molar-refractivity contribution in [3.05, 3.63) is 131 Å². The fourth-order valence-electron chi connectivity index (χ4n) is 7.69. The SMILES string of the molecule is CNc1ccc2cc(S(=O)(=O)[O-])cc(O)c2c1N=Nc1cc(CN(C)C(=O)c2ccc(C(=O)N(C)Cc3ccc(S(=O)(=O)[O-])c(N=Nc4c(NC)ccc5cc(S(=O)(=O)[O-])cc(O)c45)c3)cc2)ccc1S(=O)(=O)[O-].[Li+].[Li+].[Li+].[Li+]. The first-order valence-electron chi connectivity index (χ1n) is 21.1. The second-order valence-electron chi connectivity index (χ2n) is 16.2. The number of azo groups is 2. The van der Waals surface area contributed by atoms with Gasteiger partial charge in [-0.25, -0.2) is 33.7 Å². The normalized spacial score (nSPS) is 11.8. The van der Waals surface area contributed by atoms with Gasteiger partial charge >= 0.3 is 75.4 Å². The molecule has 0 fully saturated rings. The van der Waals surface area contributed by atoms with Gasteiger partial charge in [-0.1, -0.05) is 24.3 Å². The number of phenols is 2. The number of carbonyl (C=O) groups is 2. The van der Waals surface area contributed by atoms with E-state index in [1.807, 2.05) is 0 Å². The number of rotatable bonds is 16. The number of nitrogens with one attached hydrogen (secondary N) is 2. The Labute approximate surface area is 495 Å². The molecule has 24 nitrogen and oxygen atoms in total. The van der Waals surface area contributed by atoms with E-state index in [0.29, 0.717) is 0 Å². The van der Waals surface area contributed by atoms with Crippen LogP contribution >= 0.6 is 0 Å². The summed E-state index contributed by atoms with van der Waals surface area (Å²) in [6.07, 6.45) is 0. The van der Waals surface area contributed by atoms with Crippen LogP contribution in [0.3, 0.4) is 0 Å². The number of aromatic hydroxyl groups is 2. The minimum Gasteiger partial charge on any atom is -0.744 e. The van der Waals surface area contributed by atoms with Crippen LogP contribution in [0, 0.1) is 0 Å². The summed E-state index contributed by atoms with van der Waals surface area (Å²) in [4.78, 5) is 26.7. The van der Waals surface area contributed by atoms with E-state index in [4.69, 9.17) is 0 Å². The van der Waals surface area contributed by atoms with Crippen LogP contribution in [0.5, 0.6) is 11.5 Å². The number of carbonyl (C=O) groups excluding carboxylic acids is 2. The summed E-state index contributed by atoms with van der Waals surface area (Å²) in [7, 11) is -14.4. The van der Waals surface area contributed by atoms with Crippen molar-refractivity contribution in [2.75, 3.05) is 38.8 Å². The van der Waals surface area contributed by atoms with Crippen LogP contribution in [0.25, 0.3) is 21.5 Å². The van der Waals surface area contributed by atoms with E-state index in [2.05, 4.69) is 31.1 Å². The molecule has 0 radical (unpaired) electrons. The van der Waals surface area contributed by atoms with Gasteiger partial charge in [0.15, 0.2) is 0 Å². The molecule has 7 aromatic rings. The molecule has 0 unspecified atom stereocenters. The van der Waals surface area contributed by atoms with Crippen molar-refractivity contribution in [2.45, 2.75) is 32.7 Å². The summed E-state index contributed by atoms with van der Waals surface area (Å²) in [5.41, 5.74) is 0.172. The van der Waals surface area contributed by atoms with E-state index >= 15 is 0 Å². The Morgan fingerprint density at radius 3 is 1.10 bits per heavy atom. The molecule has 0 saturated heterocycles. The van der Waals surface area contributed by atoms with Crippen LogP contribution in [0.4, 0.5) is 34.1 Å². The molecule has 7 rings (SSSR count). The van der Waals surface area contributed by atoms with Crippen molar-refractivity contribution >= 4 is 108 Å². The van der Waals surface area contributed by atoms with Crippen molar-refractivity contribution in [1.29, 1.82) is 0 Å². The van der Waals surface area contributed by atoms with Crippen LogP contribution in [-0.4, -0.2) is 112 Å². The number of anilines is 2. The first-order chi connectivity index (χ1) is 34.6. The zero-order valence-electron chi connectivity index (χ0n) is 42.7. The molecule has 0 aliphatic rings. The molecule has 0 atom stereocenters. The smallest absolute Gasteiger partial charge is 0.744 e. The van der Waals surface area contributed by atoms with E-state index in [0.717, 1.165) is 36.4 Å². The summed E-state index contributed by atoms with van der Waals surface area (Å²) in [6.45, 7) is -0.337. The number of phenolic OH excluding ortho intramolecular Hbond substituents is 2. The van der Waals surface area contributed by atoms with Gasteiger partial charge in [-0.3, -0.25) is 9.59 Å². The average Bonchev–Trinajstić information content (AvgIpc) is 3.32. The van der Waals surface area contributed by atoms with Crippen LogP contribution < -0.4 is 86.1 Å². The molecule has 0 aromatic heterocycles. The van der Waals surface area contributed by atoms with Crippen LogP contribution in [0.2, 0.25) is 0 Å². The molecule has 0 aliphatic heterocycles. The third kappa shape index (κ3) is 15.0. The van der Waals surface area contributed by atoms with Crippen molar-refractivity contribution in [3.8, 4) is 11.5 Å². The molecule has 4 N–H and O–H groups in total. The monoisotopic (exact) mass is 1110 g/mol. The maximum atomic E-state index is 13.6. The van der Waals surface area contributed by atoms with Gasteiger partial charge in [-0.15, -0.1) is 20.5 Å². The standard InChI is InChI=1S/C46H42N8O16S4.4Li/c1-47-33-13-11-29-19-31(71(59,60)61)21-37(55)41(29)43(33)51-49-35-17-25(5-15-39(35)73(65,66)67)23-53(3)45(57)27-7-9-28(10-8-27)46(58)54(4)24-26-6-16-40(74(68,69)70)36(18-26)50-52-44-34(48-2)14-12-30-20-32(72(62,63)64)22-38(56)42(30)44;;;;/h5-22,47-48,55-56H,23-24H2,1-4H3,(H,59,60,61)(H,62,63,64)(H,65,66,67)(H,68,69,70);;;;/q;4*+1/p-4. The number of hydrogen-bond acceptors (Lipinski definition) is 22. The third-order valence-electron chi connectivity index (χ3n) is 11.2. The van der Waals surface area contributed by atoms with Crippen molar-refractivity contribution < 1.29 is 147 Å².